The molecule has 21 heavy (non-hydrogen) atoms. The molecule has 0 amide bonds. The molecule has 0 radical (unpaired) electrons. The van der Waals surface area contributed by atoms with Gasteiger partial charge in [-0.25, -0.2) is 0 Å². The summed E-state index contributed by atoms with van der Waals surface area (Å²) in [6.07, 6.45) is 0.515. The first-order valence-corrected chi connectivity index (χ1v) is 7.30. The van der Waals surface area contributed by atoms with Gasteiger partial charge in [0.2, 0.25) is 5.89 Å². The summed E-state index contributed by atoms with van der Waals surface area (Å²) in [5.41, 5.74) is 1.88. The summed E-state index contributed by atoms with van der Waals surface area (Å²) in [7, 11) is 0. The molecule has 3 nitrogen and oxygen atoms in total. The number of alkyl halides is 1. The highest BCUT2D eigenvalue weighted by molar-refractivity contribution is 6.31. The Kier molecular flexibility index (Phi) is 4.23. The van der Waals surface area contributed by atoms with Crippen molar-refractivity contribution < 1.29 is 4.52 Å². The standard InChI is InChI=1S/C16H12Cl2N2O/c17-13-9-5-4-8-12(13)10-14-19-16(21-20-14)15(18)11-6-2-1-3-7-11/h1-9,15H,10H2. The molecule has 2 aromatic carbocycles. The third-order valence-corrected chi connectivity index (χ3v) is 3.91. The Morgan fingerprint density at radius 3 is 2.48 bits per heavy atom. The third-order valence-electron chi connectivity index (χ3n) is 3.10. The number of aromatic nitrogens is 2. The van der Waals surface area contributed by atoms with E-state index in [1.807, 2.05) is 54.6 Å². The molecule has 5 heteroatoms. The van der Waals surface area contributed by atoms with Crippen LogP contribution in [0.1, 0.15) is 28.2 Å². The van der Waals surface area contributed by atoms with E-state index in [9.17, 15) is 0 Å². The summed E-state index contributed by atoms with van der Waals surface area (Å²) in [6.45, 7) is 0. The zero-order valence-corrected chi connectivity index (χ0v) is 12.6. The number of hydrogen-bond acceptors (Lipinski definition) is 3. The van der Waals surface area contributed by atoms with E-state index in [0.29, 0.717) is 23.2 Å². The molecular formula is C16H12Cl2N2O. The van der Waals surface area contributed by atoms with Crippen LogP contribution in [0.4, 0.5) is 0 Å². The summed E-state index contributed by atoms with van der Waals surface area (Å²) in [4.78, 5) is 4.35. The number of rotatable bonds is 4. The molecule has 0 spiro atoms. The molecule has 0 aliphatic carbocycles. The Morgan fingerprint density at radius 2 is 1.71 bits per heavy atom. The van der Waals surface area contributed by atoms with Crippen molar-refractivity contribution in [1.29, 1.82) is 0 Å². The van der Waals surface area contributed by atoms with E-state index in [0.717, 1.165) is 11.1 Å². The molecule has 0 saturated carbocycles. The second-order valence-corrected chi connectivity index (χ2v) is 5.43. The van der Waals surface area contributed by atoms with Crippen LogP contribution in [0.2, 0.25) is 5.02 Å². The highest BCUT2D eigenvalue weighted by atomic mass is 35.5. The van der Waals surface area contributed by atoms with Gasteiger partial charge in [0.05, 0.1) is 0 Å². The monoisotopic (exact) mass is 318 g/mol. The molecule has 1 unspecified atom stereocenters. The molecule has 0 fully saturated rings. The van der Waals surface area contributed by atoms with Crippen LogP contribution < -0.4 is 0 Å². The fraction of sp³-hybridized carbons (Fsp3) is 0.125. The van der Waals surface area contributed by atoms with Crippen LogP contribution in [0.15, 0.2) is 59.1 Å². The Balaban J connectivity index is 1.79. The van der Waals surface area contributed by atoms with Crippen molar-refractivity contribution in [2.24, 2.45) is 0 Å². The van der Waals surface area contributed by atoms with Gasteiger partial charge in [-0.15, -0.1) is 11.6 Å². The van der Waals surface area contributed by atoms with Gasteiger partial charge in [0.25, 0.3) is 0 Å². The Morgan fingerprint density at radius 1 is 1.00 bits per heavy atom. The van der Waals surface area contributed by atoms with Crippen molar-refractivity contribution in [2.75, 3.05) is 0 Å². The summed E-state index contributed by atoms with van der Waals surface area (Å²) < 4.78 is 5.26. The van der Waals surface area contributed by atoms with Gasteiger partial charge < -0.3 is 4.52 Å². The fourth-order valence-corrected chi connectivity index (χ4v) is 2.46. The van der Waals surface area contributed by atoms with Crippen LogP contribution in [0, 0.1) is 0 Å². The van der Waals surface area contributed by atoms with Gasteiger partial charge in [0.15, 0.2) is 5.82 Å². The van der Waals surface area contributed by atoms with Gasteiger partial charge in [-0.05, 0) is 17.2 Å². The SMILES string of the molecule is Clc1ccccc1Cc1noc(C(Cl)c2ccccc2)n1. The van der Waals surface area contributed by atoms with Gasteiger partial charge in [-0.1, -0.05) is 65.3 Å². The van der Waals surface area contributed by atoms with Crippen LogP contribution in [0.3, 0.4) is 0 Å². The van der Waals surface area contributed by atoms with Crippen molar-refractivity contribution in [2.45, 2.75) is 11.8 Å². The van der Waals surface area contributed by atoms with Gasteiger partial charge in [-0.3, -0.25) is 0 Å². The topological polar surface area (TPSA) is 38.9 Å². The maximum absolute atomic E-state index is 6.36. The predicted octanol–water partition coefficient (Wildman–Crippen LogP) is 4.64. The van der Waals surface area contributed by atoms with E-state index in [-0.39, 0.29) is 0 Å². The molecule has 0 N–H and O–H groups in total. The minimum Gasteiger partial charge on any atom is -0.337 e. The van der Waals surface area contributed by atoms with Crippen LogP contribution in [-0.4, -0.2) is 10.1 Å². The van der Waals surface area contributed by atoms with Crippen LogP contribution in [0.5, 0.6) is 0 Å². The molecule has 3 rings (SSSR count). The molecule has 0 bridgehead atoms. The highest BCUT2D eigenvalue weighted by Crippen LogP contribution is 2.27. The second kappa shape index (κ2) is 6.29. The average molecular weight is 319 g/mol. The van der Waals surface area contributed by atoms with E-state index in [4.69, 9.17) is 27.7 Å². The molecule has 0 aliphatic heterocycles. The summed E-state index contributed by atoms with van der Waals surface area (Å²) in [5.74, 6) is 0.963. The van der Waals surface area contributed by atoms with Crippen LogP contribution >= 0.6 is 23.2 Å². The smallest absolute Gasteiger partial charge is 0.249 e. The first kappa shape index (κ1) is 14.1. The van der Waals surface area contributed by atoms with Crippen molar-refractivity contribution in [3.8, 4) is 0 Å². The van der Waals surface area contributed by atoms with Crippen molar-refractivity contribution >= 4 is 23.2 Å². The van der Waals surface area contributed by atoms with Gasteiger partial charge in [0.1, 0.15) is 5.38 Å². The minimum absolute atomic E-state index is 0.393. The molecule has 1 aromatic heterocycles. The van der Waals surface area contributed by atoms with Crippen molar-refractivity contribution in [3.63, 3.8) is 0 Å². The Bertz CT molecular complexity index is 728. The normalized spacial score (nSPS) is 12.3. The summed E-state index contributed by atoms with van der Waals surface area (Å²) in [6, 6.07) is 17.2. The van der Waals surface area contributed by atoms with Crippen molar-refractivity contribution in [3.05, 3.63) is 82.5 Å². The van der Waals surface area contributed by atoms with Crippen LogP contribution in [-0.2, 0) is 6.42 Å². The van der Waals surface area contributed by atoms with E-state index < -0.39 is 5.38 Å². The Hall–Kier alpha value is -1.84. The summed E-state index contributed by atoms with van der Waals surface area (Å²) in [5, 5.41) is 4.21. The second-order valence-electron chi connectivity index (χ2n) is 4.59. The number of halogens is 2. The fourth-order valence-electron chi connectivity index (χ4n) is 2.02. The summed E-state index contributed by atoms with van der Waals surface area (Å²) >= 11 is 12.5. The molecule has 1 heterocycles. The van der Waals surface area contributed by atoms with Crippen LogP contribution in [0.25, 0.3) is 0 Å². The van der Waals surface area contributed by atoms with E-state index in [2.05, 4.69) is 10.1 Å². The van der Waals surface area contributed by atoms with E-state index in [1.165, 1.54) is 0 Å². The first-order chi connectivity index (χ1) is 10.2. The van der Waals surface area contributed by atoms with Gasteiger partial charge in [-0.2, -0.15) is 4.98 Å². The third kappa shape index (κ3) is 3.26. The zero-order chi connectivity index (χ0) is 14.7. The maximum atomic E-state index is 6.36. The molecule has 0 aliphatic rings. The lowest BCUT2D eigenvalue weighted by atomic mass is 10.1. The highest BCUT2D eigenvalue weighted by Gasteiger charge is 2.18. The lowest BCUT2D eigenvalue weighted by molar-refractivity contribution is 0.377. The maximum Gasteiger partial charge on any atom is 0.249 e. The number of benzene rings is 2. The molecule has 0 saturated heterocycles. The first-order valence-electron chi connectivity index (χ1n) is 6.49. The molecule has 3 aromatic rings. The van der Waals surface area contributed by atoms with Crippen molar-refractivity contribution in [1.82, 2.24) is 10.1 Å². The van der Waals surface area contributed by atoms with Gasteiger partial charge in [0, 0.05) is 11.4 Å². The average Bonchev–Trinajstić information content (AvgIpc) is 2.98. The van der Waals surface area contributed by atoms with E-state index in [1.54, 1.807) is 0 Å². The molecule has 106 valence electrons. The largest absolute Gasteiger partial charge is 0.337 e. The minimum atomic E-state index is -0.446. The van der Waals surface area contributed by atoms with E-state index >= 15 is 0 Å². The van der Waals surface area contributed by atoms with Gasteiger partial charge >= 0.3 is 0 Å². The quantitative estimate of drug-likeness (QED) is 0.658. The predicted molar refractivity (Wildman–Crippen MR) is 82.7 cm³/mol. The number of nitrogens with zero attached hydrogens (tertiary/aromatic N) is 2. The Labute approximate surface area is 132 Å². The lowest BCUT2D eigenvalue weighted by Gasteiger charge is -2.03. The molecular weight excluding hydrogens is 307 g/mol. The molecule has 1 atom stereocenters. The lowest BCUT2D eigenvalue weighted by Crippen LogP contribution is -1.95. The number of hydrogen-bond donors (Lipinski definition) is 0. The zero-order valence-electron chi connectivity index (χ0n) is 11.0.